The monoisotopic (exact) mass is 223 g/mol. The Hall–Kier alpha value is -0.440. The third-order valence-electron chi connectivity index (χ3n) is 1.12. The maximum absolute atomic E-state index is 11.6. The van der Waals surface area contributed by atoms with Crippen LogP contribution in [-0.2, 0) is 22.9 Å². The quantitative estimate of drug-likeness (QED) is 0.482. The van der Waals surface area contributed by atoms with Crippen LogP contribution in [0.1, 0.15) is 13.8 Å². The van der Waals surface area contributed by atoms with Crippen molar-refractivity contribution in [2.45, 2.75) is 20.1 Å². The molecule has 0 spiro atoms. The molecule has 0 fully saturated rings. The molecule has 0 rings (SSSR count). The number of nitriles is 1. The lowest BCUT2D eigenvalue weighted by Crippen LogP contribution is -2.13. The minimum absolute atomic E-state index is 0.166. The standard InChI is InChI=1S/C7H14NO5P/c1-4-11-14(9,12-5-2)13-7(6-8)10-3/h7H,4-5H2,1-3H3. The van der Waals surface area contributed by atoms with E-state index in [4.69, 9.17) is 18.8 Å². The zero-order valence-corrected chi connectivity index (χ0v) is 9.32. The molecule has 0 aromatic carbocycles. The largest absolute Gasteiger partial charge is 0.477 e. The van der Waals surface area contributed by atoms with Gasteiger partial charge in [0.25, 0.3) is 6.29 Å². The molecule has 0 heterocycles. The van der Waals surface area contributed by atoms with E-state index >= 15 is 0 Å². The van der Waals surface area contributed by atoms with Gasteiger partial charge in [-0.1, -0.05) is 0 Å². The van der Waals surface area contributed by atoms with Crippen molar-refractivity contribution < 1.29 is 22.9 Å². The Bertz CT molecular complexity index is 229. The predicted octanol–water partition coefficient (Wildman–Crippen LogP) is 1.68. The topological polar surface area (TPSA) is 77.8 Å². The van der Waals surface area contributed by atoms with Crippen molar-refractivity contribution in [2.24, 2.45) is 0 Å². The molecule has 0 saturated heterocycles. The number of hydrogen-bond donors (Lipinski definition) is 0. The number of ether oxygens (including phenoxy) is 1. The Balaban J connectivity index is 4.36. The highest BCUT2D eigenvalue weighted by Crippen LogP contribution is 2.50. The van der Waals surface area contributed by atoms with E-state index in [0.29, 0.717) is 0 Å². The van der Waals surface area contributed by atoms with Gasteiger partial charge in [-0.2, -0.15) is 5.26 Å². The second kappa shape index (κ2) is 6.93. The summed E-state index contributed by atoms with van der Waals surface area (Å²) in [5, 5.41) is 8.49. The van der Waals surface area contributed by atoms with Crippen molar-refractivity contribution in [3.8, 4) is 6.07 Å². The van der Waals surface area contributed by atoms with E-state index in [-0.39, 0.29) is 13.2 Å². The van der Waals surface area contributed by atoms with Crippen molar-refractivity contribution in [3.63, 3.8) is 0 Å². The predicted molar refractivity (Wildman–Crippen MR) is 48.4 cm³/mol. The summed E-state index contributed by atoms with van der Waals surface area (Å²) < 4.78 is 30.5. The van der Waals surface area contributed by atoms with E-state index in [1.54, 1.807) is 19.9 Å². The van der Waals surface area contributed by atoms with Crippen molar-refractivity contribution in [1.82, 2.24) is 0 Å². The maximum atomic E-state index is 11.6. The first-order valence-corrected chi connectivity index (χ1v) is 5.57. The molecule has 82 valence electrons. The zero-order valence-electron chi connectivity index (χ0n) is 8.43. The number of methoxy groups -OCH3 is 1. The van der Waals surface area contributed by atoms with Gasteiger partial charge in [-0.25, -0.2) is 9.09 Å². The molecule has 0 aliphatic carbocycles. The van der Waals surface area contributed by atoms with Gasteiger partial charge in [0.2, 0.25) is 0 Å². The molecule has 7 heteroatoms. The Morgan fingerprint density at radius 2 is 1.86 bits per heavy atom. The van der Waals surface area contributed by atoms with Gasteiger partial charge in [-0.15, -0.1) is 0 Å². The van der Waals surface area contributed by atoms with Gasteiger partial charge in [0, 0.05) is 7.11 Å². The van der Waals surface area contributed by atoms with Crippen LogP contribution >= 0.6 is 7.82 Å². The van der Waals surface area contributed by atoms with E-state index in [1.165, 1.54) is 7.11 Å². The lowest BCUT2D eigenvalue weighted by molar-refractivity contribution is -0.0382. The number of nitrogens with zero attached hydrogens (tertiary/aromatic N) is 1. The van der Waals surface area contributed by atoms with E-state index in [1.807, 2.05) is 0 Å². The summed E-state index contributed by atoms with van der Waals surface area (Å²) in [6.45, 7) is 3.62. The van der Waals surface area contributed by atoms with Crippen LogP contribution in [0.15, 0.2) is 0 Å². The Kier molecular flexibility index (Phi) is 6.71. The van der Waals surface area contributed by atoms with Gasteiger partial charge in [-0.05, 0) is 13.8 Å². The third-order valence-corrected chi connectivity index (χ3v) is 2.72. The molecule has 14 heavy (non-hydrogen) atoms. The van der Waals surface area contributed by atoms with Gasteiger partial charge in [-0.3, -0.25) is 9.05 Å². The molecule has 0 aliphatic heterocycles. The first-order chi connectivity index (χ1) is 6.61. The van der Waals surface area contributed by atoms with Crippen molar-refractivity contribution in [2.75, 3.05) is 20.3 Å². The van der Waals surface area contributed by atoms with Crippen LogP contribution in [-0.4, -0.2) is 26.6 Å². The van der Waals surface area contributed by atoms with Gasteiger partial charge in [0.15, 0.2) is 0 Å². The highest BCUT2D eigenvalue weighted by molar-refractivity contribution is 7.48. The fourth-order valence-corrected chi connectivity index (χ4v) is 1.85. The summed E-state index contributed by atoms with van der Waals surface area (Å²) in [6, 6.07) is 1.65. The molecule has 1 unspecified atom stereocenters. The van der Waals surface area contributed by atoms with E-state index < -0.39 is 14.1 Å². The van der Waals surface area contributed by atoms with E-state index in [2.05, 4.69) is 4.74 Å². The van der Waals surface area contributed by atoms with Gasteiger partial charge < -0.3 is 4.74 Å². The first kappa shape index (κ1) is 13.6. The molecule has 0 N–H and O–H groups in total. The number of phosphoric ester groups is 1. The Morgan fingerprint density at radius 1 is 1.36 bits per heavy atom. The van der Waals surface area contributed by atoms with Crippen molar-refractivity contribution >= 4 is 7.82 Å². The lowest BCUT2D eigenvalue weighted by atomic mass is 10.7. The van der Waals surface area contributed by atoms with Crippen LogP contribution < -0.4 is 0 Å². The highest BCUT2D eigenvalue weighted by atomic mass is 31.2. The molecule has 0 amide bonds. The molecule has 0 radical (unpaired) electrons. The zero-order chi connectivity index (χ0) is 11.0. The van der Waals surface area contributed by atoms with Crippen LogP contribution in [0.3, 0.4) is 0 Å². The SMILES string of the molecule is CCOP(=O)(OCC)OC(C#N)OC. The molecule has 0 bridgehead atoms. The summed E-state index contributed by atoms with van der Waals surface area (Å²) in [5.41, 5.74) is 0. The smallest absolute Gasteiger partial charge is 0.344 e. The van der Waals surface area contributed by atoms with Crippen LogP contribution in [0, 0.1) is 11.3 Å². The van der Waals surface area contributed by atoms with E-state index in [0.717, 1.165) is 0 Å². The maximum Gasteiger partial charge on any atom is 0.477 e. The highest BCUT2D eigenvalue weighted by Gasteiger charge is 2.29. The summed E-state index contributed by atoms with van der Waals surface area (Å²) in [7, 11) is -2.40. The molecule has 1 atom stereocenters. The van der Waals surface area contributed by atoms with Gasteiger partial charge in [0.1, 0.15) is 6.07 Å². The van der Waals surface area contributed by atoms with Gasteiger partial charge in [0.05, 0.1) is 13.2 Å². The second-order valence-corrected chi connectivity index (χ2v) is 3.71. The summed E-state index contributed by atoms with van der Waals surface area (Å²) in [6.07, 6.45) is -1.25. The Labute approximate surface area is 83.3 Å². The van der Waals surface area contributed by atoms with Crippen LogP contribution in [0.4, 0.5) is 0 Å². The van der Waals surface area contributed by atoms with Crippen LogP contribution in [0.5, 0.6) is 0 Å². The average Bonchev–Trinajstić information content (AvgIpc) is 2.15. The molecular formula is C7H14NO5P. The van der Waals surface area contributed by atoms with Crippen LogP contribution in [0.2, 0.25) is 0 Å². The van der Waals surface area contributed by atoms with Crippen LogP contribution in [0.25, 0.3) is 0 Å². The van der Waals surface area contributed by atoms with Gasteiger partial charge >= 0.3 is 7.82 Å². The van der Waals surface area contributed by atoms with E-state index in [9.17, 15) is 4.57 Å². The summed E-state index contributed by atoms with van der Waals surface area (Å²) in [5.74, 6) is 0. The summed E-state index contributed by atoms with van der Waals surface area (Å²) >= 11 is 0. The first-order valence-electron chi connectivity index (χ1n) is 4.11. The molecule has 0 saturated carbocycles. The molecule has 0 aliphatic rings. The van der Waals surface area contributed by atoms with Crippen molar-refractivity contribution in [3.05, 3.63) is 0 Å². The average molecular weight is 223 g/mol. The van der Waals surface area contributed by atoms with Crippen molar-refractivity contribution in [1.29, 1.82) is 5.26 Å². The number of phosphoric acid groups is 1. The normalized spacial score (nSPS) is 13.6. The number of rotatable bonds is 7. The fourth-order valence-electron chi connectivity index (χ4n) is 0.651. The second-order valence-electron chi connectivity index (χ2n) is 2.08. The molecular weight excluding hydrogens is 209 g/mol. The summed E-state index contributed by atoms with van der Waals surface area (Å²) in [4.78, 5) is 0. The molecule has 0 aromatic heterocycles. The lowest BCUT2D eigenvalue weighted by Gasteiger charge is -2.18. The Morgan fingerprint density at radius 3 is 2.14 bits per heavy atom. The third kappa shape index (κ3) is 4.70. The fraction of sp³-hybridized carbons (Fsp3) is 0.857. The minimum atomic E-state index is -3.66. The molecule has 6 nitrogen and oxygen atoms in total. The molecule has 0 aromatic rings. The minimum Gasteiger partial charge on any atom is -0.344 e. The number of hydrogen-bond acceptors (Lipinski definition) is 6.